The molecule has 0 radical (unpaired) electrons. The topological polar surface area (TPSA) is 81.7 Å². The molecular weight excluding hydrogens is 342 g/mol. The second-order valence-corrected chi connectivity index (χ2v) is 6.27. The Labute approximate surface area is 143 Å². The number of nitrogens with one attached hydrogen (secondary N) is 1. The van der Waals surface area contributed by atoms with Crippen LogP contribution in [0.4, 0.5) is 0 Å². The molecule has 0 aliphatic carbocycles. The lowest BCUT2D eigenvalue weighted by Gasteiger charge is -2.49. The van der Waals surface area contributed by atoms with E-state index in [9.17, 15) is 14.4 Å². The van der Waals surface area contributed by atoms with Gasteiger partial charge in [0.25, 0.3) is 0 Å². The van der Waals surface area contributed by atoms with Crippen LogP contribution in [0.15, 0.2) is 24.3 Å². The SMILES string of the molecule is C[C@@]12OC(=O)[C@]1(C(=O)c1cccc(OS)c1)NC(=O)[C@@H]2CCCl. The number of amides is 1. The summed E-state index contributed by atoms with van der Waals surface area (Å²) in [6, 6.07) is 6.21. The number of rotatable bonds is 5. The van der Waals surface area contributed by atoms with E-state index in [-0.39, 0.29) is 11.4 Å². The van der Waals surface area contributed by atoms with Crippen LogP contribution in [0.1, 0.15) is 23.7 Å². The zero-order valence-corrected chi connectivity index (χ0v) is 13.8. The number of fused-ring (bicyclic) bond motifs is 1. The number of hydrogen-bond acceptors (Lipinski definition) is 6. The van der Waals surface area contributed by atoms with Gasteiger partial charge in [0.2, 0.25) is 17.2 Å². The Morgan fingerprint density at radius 3 is 2.83 bits per heavy atom. The van der Waals surface area contributed by atoms with Crippen LogP contribution in [0.25, 0.3) is 0 Å². The number of esters is 1. The fraction of sp³-hybridized carbons (Fsp3) is 0.400. The number of ether oxygens (including phenoxy) is 1. The van der Waals surface area contributed by atoms with Gasteiger partial charge in [-0.05, 0) is 25.5 Å². The van der Waals surface area contributed by atoms with Gasteiger partial charge in [-0.2, -0.15) is 0 Å². The third-order valence-corrected chi connectivity index (χ3v) is 5.02. The zero-order chi connectivity index (χ0) is 16.8. The van der Waals surface area contributed by atoms with E-state index in [1.807, 2.05) is 0 Å². The smallest absolute Gasteiger partial charge is 0.345 e. The Balaban J connectivity index is 2.04. The Bertz CT molecular complexity index is 711. The molecule has 1 amide bonds. The lowest BCUT2D eigenvalue weighted by Crippen LogP contribution is -2.77. The van der Waals surface area contributed by atoms with Crippen molar-refractivity contribution in [2.45, 2.75) is 24.5 Å². The molecule has 0 aromatic heterocycles. The van der Waals surface area contributed by atoms with Gasteiger partial charge in [0.05, 0.1) is 5.92 Å². The van der Waals surface area contributed by atoms with E-state index in [1.165, 1.54) is 6.07 Å². The standard InChI is InChI=1S/C15H14ClNO5S/c1-14-10(5-6-16)12(19)17-15(14,13(20)21-14)11(18)8-3-2-4-9(7-8)22-23/h2-4,7,10,23H,5-6H2,1H3,(H,17,19)/t10-,14-,15-/m0/s1. The lowest BCUT2D eigenvalue weighted by molar-refractivity contribution is -0.210. The number of alkyl halides is 1. The zero-order valence-electron chi connectivity index (χ0n) is 12.2. The van der Waals surface area contributed by atoms with Crippen molar-refractivity contribution in [1.29, 1.82) is 0 Å². The summed E-state index contributed by atoms with van der Waals surface area (Å²) in [5.41, 5.74) is -2.73. The summed E-state index contributed by atoms with van der Waals surface area (Å²) in [7, 11) is 0. The molecule has 0 saturated carbocycles. The van der Waals surface area contributed by atoms with Gasteiger partial charge >= 0.3 is 5.97 Å². The van der Waals surface area contributed by atoms with Crippen LogP contribution in [-0.4, -0.2) is 34.7 Å². The van der Waals surface area contributed by atoms with E-state index in [0.29, 0.717) is 12.2 Å². The number of hydrogen-bond donors (Lipinski definition) is 2. The monoisotopic (exact) mass is 355 g/mol. The average molecular weight is 356 g/mol. The third-order valence-electron chi connectivity index (χ3n) is 4.59. The number of Topliss-reactive ketones (excluding diaryl/α,β-unsaturated/α-hetero) is 1. The Morgan fingerprint density at radius 2 is 2.22 bits per heavy atom. The van der Waals surface area contributed by atoms with Crippen molar-refractivity contribution >= 4 is 42.2 Å². The molecule has 0 spiro atoms. The first kappa shape index (κ1) is 16.1. The predicted molar refractivity (Wildman–Crippen MR) is 84.6 cm³/mol. The van der Waals surface area contributed by atoms with Gasteiger partial charge in [0, 0.05) is 24.4 Å². The molecular formula is C15H14ClNO5S. The van der Waals surface area contributed by atoms with Crippen molar-refractivity contribution in [2.24, 2.45) is 5.92 Å². The molecule has 6 nitrogen and oxygen atoms in total. The summed E-state index contributed by atoms with van der Waals surface area (Å²) in [5.74, 6) is -1.79. The molecule has 2 aliphatic rings. The van der Waals surface area contributed by atoms with Crippen LogP contribution in [0.5, 0.6) is 5.75 Å². The minimum Gasteiger partial charge on any atom is -0.453 e. The van der Waals surface area contributed by atoms with E-state index < -0.39 is 34.7 Å². The highest BCUT2D eigenvalue weighted by Crippen LogP contribution is 2.51. The number of carbonyl (C=O) groups excluding carboxylic acids is 3. The number of thiol groups is 1. The van der Waals surface area contributed by atoms with Crippen molar-refractivity contribution in [1.82, 2.24) is 5.32 Å². The van der Waals surface area contributed by atoms with Crippen molar-refractivity contribution in [3.63, 3.8) is 0 Å². The van der Waals surface area contributed by atoms with Gasteiger partial charge in [0.1, 0.15) is 5.75 Å². The maximum atomic E-state index is 13.0. The molecule has 23 heavy (non-hydrogen) atoms. The maximum absolute atomic E-state index is 13.0. The second-order valence-electron chi connectivity index (χ2n) is 5.71. The van der Waals surface area contributed by atoms with Crippen molar-refractivity contribution < 1.29 is 23.3 Å². The summed E-state index contributed by atoms with van der Waals surface area (Å²) in [5, 5.41) is 2.55. The fourth-order valence-corrected chi connectivity index (χ4v) is 3.66. The Morgan fingerprint density at radius 1 is 1.48 bits per heavy atom. The van der Waals surface area contributed by atoms with Crippen LogP contribution < -0.4 is 9.50 Å². The van der Waals surface area contributed by atoms with E-state index in [2.05, 4.69) is 18.2 Å². The first-order valence-electron chi connectivity index (χ1n) is 6.98. The highest BCUT2D eigenvalue weighted by molar-refractivity contribution is 7.75. The van der Waals surface area contributed by atoms with E-state index in [0.717, 1.165) is 0 Å². The molecule has 122 valence electrons. The fourth-order valence-electron chi connectivity index (χ4n) is 3.33. The first-order chi connectivity index (χ1) is 10.9. The van der Waals surface area contributed by atoms with E-state index in [1.54, 1.807) is 25.1 Å². The third kappa shape index (κ3) is 1.99. The molecule has 0 unspecified atom stereocenters. The molecule has 3 atom stereocenters. The second kappa shape index (κ2) is 5.42. The number of ketones is 1. The van der Waals surface area contributed by atoms with Crippen LogP contribution in [0.3, 0.4) is 0 Å². The summed E-state index contributed by atoms with van der Waals surface area (Å²) in [6.07, 6.45) is 0.311. The molecule has 2 fully saturated rings. The van der Waals surface area contributed by atoms with Gasteiger partial charge in [-0.15, -0.1) is 11.6 Å². The first-order valence-corrected chi connectivity index (χ1v) is 7.88. The van der Waals surface area contributed by atoms with Crippen LogP contribution >= 0.6 is 24.5 Å². The van der Waals surface area contributed by atoms with Gasteiger partial charge in [-0.1, -0.05) is 12.1 Å². The summed E-state index contributed by atoms with van der Waals surface area (Å²) in [4.78, 5) is 37.4. The molecule has 3 rings (SSSR count). The summed E-state index contributed by atoms with van der Waals surface area (Å²) < 4.78 is 10.0. The number of benzene rings is 1. The van der Waals surface area contributed by atoms with E-state index >= 15 is 0 Å². The Hall–Kier alpha value is -1.73. The number of halogens is 1. The Kier molecular flexibility index (Phi) is 3.80. The van der Waals surface area contributed by atoms with Crippen LogP contribution in [0, 0.1) is 5.92 Å². The van der Waals surface area contributed by atoms with Gasteiger partial charge < -0.3 is 14.2 Å². The van der Waals surface area contributed by atoms with Crippen molar-refractivity contribution in [3.8, 4) is 5.75 Å². The molecule has 0 bridgehead atoms. The maximum Gasteiger partial charge on any atom is 0.345 e. The van der Waals surface area contributed by atoms with Crippen molar-refractivity contribution in [3.05, 3.63) is 29.8 Å². The normalized spacial score (nSPS) is 31.7. The summed E-state index contributed by atoms with van der Waals surface area (Å²) >= 11 is 9.42. The van der Waals surface area contributed by atoms with Crippen molar-refractivity contribution in [2.75, 3.05) is 5.88 Å². The van der Waals surface area contributed by atoms with Gasteiger partial charge in [-0.25, -0.2) is 4.79 Å². The minimum absolute atomic E-state index is 0.221. The molecule has 1 N–H and O–H groups in total. The summed E-state index contributed by atoms with van der Waals surface area (Å²) in [6.45, 7) is 1.58. The predicted octanol–water partition coefficient (Wildman–Crippen LogP) is 1.52. The molecule has 1 aromatic carbocycles. The quantitative estimate of drug-likeness (QED) is 0.209. The molecule has 2 heterocycles. The molecule has 2 saturated heterocycles. The molecule has 8 heteroatoms. The lowest BCUT2D eigenvalue weighted by atomic mass is 9.67. The highest BCUT2D eigenvalue weighted by atomic mass is 35.5. The number of carbonyl (C=O) groups is 3. The molecule has 1 aromatic rings. The average Bonchev–Trinajstić information content (AvgIpc) is 2.72. The minimum atomic E-state index is -1.71. The van der Waals surface area contributed by atoms with Crippen LogP contribution in [0.2, 0.25) is 0 Å². The molecule has 2 aliphatic heterocycles. The highest BCUT2D eigenvalue weighted by Gasteiger charge is 2.79. The van der Waals surface area contributed by atoms with Gasteiger partial charge in [-0.3, -0.25) is 9.59 Å². The van der Waals surface area contributed by atoms with E-state index in [4.69, 9.17) is 20.5 Å². The largest absolute Gasteiger partial charge is 0.453 e. The van der Waals surface area contributed by atoms with Gasteiger partial charge in [0.15, 0.2) is 5.60 Å². The van der Waals surface area contributed by atoms with Crippen LogP contribution in [-0.2, 0) is 14.3 Å².